The summed E-state index contributed by atoms with van der Waals surface area (Å²) in [6.07, 6.45) is 12.2. The lowest BCUT2D eigenvalue weighted by atomic mass is 10.1. The molecule has 6 heteroatoms. The van der Waals surface area contributed by atoms with E-state index in [1.54, 1.807) is 0 Å². The molecule has 0 fully saturated rings. The van der Waals surface area contributed by atoms with E-state index >= 15 is 0 Å². The third-order valence-electron chi connectivity index (χ3n) is 4.36. The first-order chi connectivity index (χ1) is 12.8. The smallest absolute Gasteiger partial charge is 0.233 e. The van der Waals surface area contributed by atoms with Crippen molar-refractivity contribution in [3.8, 4) is 0 Å². The Morgan fingerprint density at radius 1 is 0.654 bits per heavy atom. The molecule has 0 aromatic carbocycles. The number of carbonyl (C=O) groups is 1. The van der Waals surface area contributed by atoms with Crippen LogP contribution in [-0.2, 0) is 4.79 Å². The molecule has 1 amide bonds. The van der Waals surface area contributed by atoms with E-state index in [-0.39, 0.29) is 5.91 Å². The van der Waals surface area contributed by atoms with Crippen LogP contribution in [0.15, 0.2) is 0 Å². The average Bonchev–Trinajstić information content (AvgIpc) is 2.65. The SMILES string of the molecule is CCCCCCCCNCC(=O)NCCCNCCCCNCCCN. The van der Waals surface area contributed by atoms with Crippen molar-refractivity contribution in [2.24, 2.45) is 5.73 Å². The van der Waals surface area contributed by atoms with Crippen LogP contribution in [0.25, 0.3) is 0 Å². The number of rotatable bonds is 21. The molecule has 0 aliphatic carbocycles. The molecule has 0 bridgehead atoms. The monoisotopic (exact) mass is 371 g/mol. The van der Waals surface area contributed by atoms with Gasteiger partial charge in [0, 0.05) is 6.54 Å². The summed E-state index contributed by atoms with van der Waals surface area (Å²) >= 11 is 0. The minimum atomic E-state index is 0.111. The van der Waals surface area contributed by atoms with Gasteiger partial charge in [0.05, 0.1) is 6.54 Å². The van der Waals surface area contributed by atoms with E-state index in [0.717, 1.165) is 58.7 Å². The molecule has 0 spiro atoms. The van der Waals surface area contributed by atoms with Gasteiger partial charge in [-0.2, -0.15) is 0 Å². The van der Waals surface area contributed by atoms with Crippen molar-refractivity contribution in [1.82, 2.24) is 21.3 Å². The summed E-state index contributed by atoms with van der Waals surface area (Å²) in [6, 6.07) is 0. The second kappa shape index (κ2) is 22.4. The summed E-state index contributed by atoms with van der Waals surface area (Å²) in [5.74, 6) is 0.111. The molecule has 6 N–H and O–H groups in total. The minimum absolute atomic E-state index is 0.111. The number of nitrogens with two attached hydrogens (primary N) is 1. The summed E-state index contributed by atoms with van der Waals surface area (Å²) in [5.41, 5.74) is 5.44. The van der Waals surface area contributed by atoms with E-state index in [4.69, 9.17) is 5.73 Å². The van der Waals surface area contributed by atoms with Crippen LogP contribution in [0.5, 0.6) is 0 Å². The predicted molar refractivity (Wildman–Crippen MR) is 113 cm³/mol. The second-order valence-electron chi connectivity index (χ2n) is 7.00. The maximum absolute atomic E-state index is 11.7. The highest BCUT2D eigenvalue weighted by Crippen LogP contribution is 2.03. The minimum Gasteiger partial charge on any atom is -0.355 e. The Morgan fingerprint density at radius 2 is 1.19 bits per heavy atom. The van der Waals surface area contributed by atoms with Crippen LogP contribution in [0.2, 0.25) is 0 Å². The number of unbranched alkanes of at least 4 members (excludes halogenated alkanes) is 6. The zero-order chi connectivity index (χ0) is 19.1. The fraction of sp³-hybridized carbons (Fsp3) is 0.950. The van der Waals surface area contributed by atoms with Gasteiger partial charge in [-0.25, -0.2) is 0 Å². The van der Waals surface area contributed by atoms with Crippen molar-refractivity contribution >= 4 is 5.91 Å². The Morgan fingerprint density at radius 3 is 1.88 bits per heavy atom. The van der Waals surface area contributed by atoms with Gasteiger partial charge in [-0.05, 0) is 71.4 Å². The third-order valence-corrected chi connectivity index (χ3v) is 4.36. The van der Waals surface area contributed by atoms with Crippen LogP contribution >= 0.6 is 0 Å². The van der Waals surface area contributed by atoms with Crippen LogP contribution in [0.4, 0.5) is 0 Å². The normalized spacial score (nSPS) is 11.0. The van der Waals surface area contributed by atoms with Gasteiger partial charge in [-0.15, -0.1) is 0 Å². The van der Waals surface area contributed by atoms with Crippen molar-refractivity contribution in [1.29, 1.82) is 0 Å². The quantitative estimate of drug-likeness (QED) is 0.198. The van der Waals surface area contributed by atoms with Crippen LogP contribution in [0, 0.1) is 0 Å². The summed E-state index contributed by atoms with van der Waals surface area (Å²) in [6.45, 7) is 9.26. The number of hydrogen-bond acceptors (Lipinski definition) is 5. The second-order valence-corrected chi connectivity index (χ2v) is 7.00. The largest absolute Gasteiger partial charge is 0.355 e. The maximum atomic E-state index is 11.7. The molecule has 0 atom stereocenters. The van der Waals surface area contributed by atoms with Gasteiger partial charge in [0.2, 0.25) is 5.91 Å². The molecule has 156 valence electrons. The molecule has 6 nitrogen and oxygen atoms in total. The zero-order valence-corrected chi connectivity index (χ0v) is 17.2. The molecule has 0 aromatic heterocycles. The number of carbonyl (C=O) groups excluding carboxylic acids is 1. The van der Waals surface area contributed by atoms with Gasteiger partial charge in [0.15, 0.2) is 0 Å². The van der Waals surface area contributed by atoms with Crippen molar-refractivity contribution in [3.05, 3.63) is 0 Å². The summed E-state index contributed by atoms with van der Waals surface area (Å²) in [5, 5.41) is 13.0. The van der Waals surface area contributed by atoms with Gasteiger partial charge < -0.3 is 27.0 Å². The van der Waals surface area contributed by atoms with Crippen LogP contribution in [0.1, 0.15) is 71.1 Å². The first-order valence-corrected chi connectivity index (χ1v) is 10.9. The molecule has 0 aliphatic rings. The van der Waals surface area contributed by atoms with Crippen LogP contribution in [-0.4, -0.2) is 58.3 Å². The van der Waals surface area contributed by atoms with E-state index in [2.05, 4.69) is 28.2 Å². The van der Waals surface area contributed by atoms with Crippen molar-refractivity contribution in [3.63, 3.8) is 0 Å². The van der Waals surface area contributed by atoms with E-state index in [0.29, 0.717) is 6.54 Å². The van der Waals surface area contributed by atoms with E-state index in [1.807, 2.05) is 0 Å². The topological polar surface area (TPSA) is 91.2 Å². The Bertz CT molecular complexity index is 289. The number of hydrogen-bond donors (Lipinski definition) is 5. The van der Waals surface area contributed by atoms with Crippen molar-refractivity contribution in [2.75, 3.05) is 52.4 Å². The molecule has 0 radical (unpaired) electrons. The van der Waals surface area contributed by atoms with E-state index < -0.39 is 0 Å². The predicted octanol–water partition coefficient (Wildman–Crippen LogP) is 1.75. The fourth-order valence-electron chi connectivity index (χ4n) is 2.71. The Kier molecular flexibility index (Phi) is 21.8. The van der Waals surface area contributed by atoms with Gasteiger partial charge in [0.1, 0.15) is 0 Å². The summed E-state index contributed by atoms with van der Waals surface area (Å²) in [4.78, 5) is 11.7. The molecule has 26 heavy (non-hydrogen) atoms. The highest BCUT2D eigenvalue weighted by molar-refractivity contribution is 5.77. The lowest BCUT2D eigenvalue weighted by Gasteiger charge is -2.08. The Hall–Kier alpha value is -0.690. The van der Waals surface area contributed by atoms with Gasteiger partial charge in [-0.1, -0.05) is 39.0 Å². The maximum Gasteiger partial charge on any atom is 0.233 e. The lowest BCUT2D eigenvalue weighted by Crippen LogP contribution is -2.35. The third kappa shape index (κ3) is 21.4. The number of amides is 1. The molecule has 0 saturated carbocycles. The Labute approximate surface area is 161 Å². The standard InChI is InChI=1S/C20H45N5O/c1-2-3-4-5-6-7-15-24-19-20(26)25-18-11-17-23-14-9-8-13-22-16-10-12-21/h22-24H,2-19,21H2,1H3,(H,25,26). The van der Waals surface area contributed by atoms with Crippen LogP contribution in [0.3, 0.4) is 0 Å². The Balaban J connectivity index is 3.13. The van der Waals surface area contributed by atoms with Gasteiger partial charge in [0.25, 0.3) is 0 Å². The first-order valence-electron chi connectivity index (χ1n) is 10.9. The van der Waals surface area contributed by atoms with E-state index in [9.17, 15) is 4.79 Å². The molecule has 0 aliphatic heterocycles. The van der Waals surface area contributed by atoms with Gasteiger partial charge >= 0.3 is 0 Å². The molecule has 0 unspecified atom stereocenters. The van der Waals surface area contributed by atoms with Gasteiger partial charge in [-0.3, -0.25) is 4.79 Å². The average molecular weight is 372 g/mol. The molecular weight excluding hydrogens is 326 g/mol. The van der Waals surface area contributed by atoms with Crippen molar-refractivity contribution < 1.29 is 4.79 Å². The molecular formula is C20H45N5O. The lowest BCUT2D eigenvalue weighted by molar-refractivity contribution is -0.120. The summed E-state index contributed by atoms with van der Waals surface area (Å²) in [7, 11) is 0. The highest BCUT2D eigenvalue weighted by atomic mass is 16.1. The fourth-order valence-corrected chi connectivity index (χ4v) is 2.71. The molecule has 0 rings (SSSR count). The van der Waals surface area contributed by atoms with E-state index in [1.165, 1.54) is 51.4 Å². The highest BCUT2D eigenvalue weighted by Gasteiger charge is 1.99. The zero-order valence-electron chi connectivity index (χ0n) is 17.2. The van der Waals surface area contributed by atoms with Crippen molar-refractivity contribution in [2.45, 2.75) is 71.1 Å². The number of nitrogens with one attached hydrogen (secondary N) is 4. The van der Waals surface area contributed by atoms with Crippen LogP contribution < -0.4 is 27.0 Å². The summed E-state index contributed by atoms with van der Waals surface area (Å²) < 4.78 is 0. The first kappa shape index (κ1) is 25.3. The molecule has 0 saturated heterocycles. The molecule has 0 aromatic rings. The molecule has 0 heterocycles.